The van der Waals surface area contributed by atoms with Gasteiger partial charge in [-0.05, 0) is 36.4 Å². The first-order valence-electron chi connectivity index (χ1n) is 10.0. The zero-order valence-corrected chi connectivity index (χ0v) is 18.6. The van der Waals surface area contributed by atoms with Crippen LogP contribution in [0.1, 0.15) is 15.9 Å². The molecule has 0 spiro atoms. The summed E-state index contributed by atoms with van der Waals surface area (Å²) in [5, 5.41) is 11.4. The minimum absolute atomic E-state index is 0.00895. The second-order valence-electron chi connectivity index (χ2n) is 7.40. The quantitative estimate of drug-likeness (QED) is 0.357. The van der Waals surface area contributed by atoms with Crippen LogP contribution in [0.2, 0.25) is 0 Å². The topological polar surface area (TPSA) is 113 Å². The van der Waals surface area contributed by atoms with Crippen molar-refractivity contribution < 1.29 is 31.3 Å². The summed E-state index contributed by atoms with van der Waals surface area (Å²) < 4.78 is 65.4. The molecular weight excluding hydrogens is 477 g/mol. The van der Waals surface area contributed by atoms with Crippen LogP contribution in [0, 0.1) is 10.1 Å². The van der Waals surface area contributed by atoms with Crippen molar-refractivity contribution in [1.29, 1.82) is 0 Å². The van der Waals surface area contributed by atoms with Crippen molar-refractivity contribution >= 4 is 27.3 Å². The highest BCUT2D eigenvalue weighted by molar-refractivity contribution is 7.89. The van der Waals surface area contributed by atoms with Crippen LogP contribution >= 0.6 is 0 Å². The Hall–Kier alpha value is -3.45. The molecule has 13 heteroatoms. The molecule has 0 aromatic heterocycles. The smallest absolute Gasteiger partial charge is 0.362 e. The highest BCUT2D eigenvalue weighted by Gasteiger charge is 2.34. The number of nitro groups is 1. The van der Waals surface area contributed by atoms with E-state index in [4.69, 9.17) is 0 Å². The summed E-state index contributed by atoms with van der Waals surface area (Å²) in [6.45, 7) is 4.21. The van der Waals surface area contributed by atoms with Crippen molar-refractivity contribution in [2.24, 2.45) is 0 Å². The van der Waals surface area contributed by atoms with Gasteiger partial charge in [0.05, 0.1) is 15.4 Å². The minimum atomic E-state index is -4.70. The normalized spacial score (nSPS) is 14.7. The number of piperazine rings is 1. The van der Waals surface area contributed by atoms with Gasteiger partial charge in [-0.3, -0.25) is 14.9 Å². The summed E-state index contributed by atoms with van der Waals surface area (Å²) in [6.07, 6.45) is -3.31. The summed E-state index contributed by atoms with van der Waals surface area (Å²) in [5.41, 5.74) is -1.46. The first-order chi connectivity index (χ1) is 15.9. The molecule has 1 aliphatic rings. The average Bonchev–Trinajstić information content (AvgIpc) is 2.81. The third-order valence-corrected chi connectivity index (χ3v) is 6.68. The SMILES string of the molecule is C=CCNS(=O)(=O)c1ccc(C(=O)N2CCN(c3ccc(C(F)(F)F)cc3[N+](=O)[O-])CC2)cc1. The molecule has 182 valence electrons. The van der Waals surface area contributed by atoms with E-state index in [2.05, 4.69) is 11.3 Å². The minimum Gasteiger partial charge on any atom is -0.362 e. The molecule has 34 heavy (non-hydrogen) atoms. The molecule has 1 heterocycles. The standard InChI is InChI=1S/C21H21F3N4O5S/c1-2-9-25-34(32,33)17-6-3-15(4-7-17)20(29)27-12-10-26(11-13-27)18-8-5-16(21(22,23)24)14-19(18)28(30)31/h2-8,14,25H,1,9-13H2. The Morgan fingerprint density at radius 1 is 1.12 bits per heavy atom. The molecule has 3 rings (SSSR count). The fourth-order valence-electron chi connectivity index (χ4n) is 3.48. The number of amides is 1. The number of hydrogen-bond acceptors (Lipinski definition) is 6. The molecule has 1 aliphatic heterocycles. The van der Waals surface area contributed by atoms with Gasteiger partial charge in [0.15, 0.2) is 0 Å². The monoisotopic (exact) mass is 498 g/mol. The van der Waals surface area contributed by atoms with Crippen LogP contribution in [0.4, 0.5) is 24.5 Å². The Morgan fingerprint density at radius 2 is 1.74 bits per heavy atom. The molecule has 0 radical (unpaired) electrons. The van der Waals surface area contributed by atoms with E-state index < -0.39 is 32.4 Å². The van der Waals surface area contributed by atoms with Gasteiger partial charge < -0.3 is 9.80 Å². The predicted octanol–water partition coefficient (Wildman–Crippen LogP) is 3.04. The number of nitro benzene ring substituents is 1. The zero-order valence-electron chi connectivity index (χ0n) is 17.8. The number of sulfonamides is 1. The van der Waals surface area contributed by atoms with E-state index >= 15 is 0 Å². The van der Waals surface area contributed by atoms with Crippen molar-refractivity contribution in [2.45, 2.75) is 11.1 Å². The number of carbonyl (C=O) groups is 1. The van der Waals surface area contributed by atoms with E-state index in [1.54, 1.807) is 4.90 Å². The lowest BCUT2D eigenvalue weighted by Gasteiger charge is -2.36. The Labute approximate surface area is 193 Å². The Morgan fingerprint density at radius 3 is 2.26 bits per heavy atom. The van der Waals surface area contributed by atoms with Crippen LogP contribution in [0.3, 0.4) is 0 Å². The molecule has 0 saturated carbocycles. The van der Waals surface area contributed by atoms with Crippen LogP contribution in [0.5, 0.6) is 0 Å². The van der Waals surface area contributed by atoms with Crippen LogP contribution in [0.25, 0.3) is 0 Å². The van der Waals surface area contributed by atoms with Gasteiger partial charge in [-0.15, -0.1) is 6.58 Å². The predicted molar refractivity (Wildman–Crippen MR) is 118 cm³/mol. The number of benzene rings is 2. The highest BCUT2D eigenvalue weighted by Crippen LogP contribution is 2.36. The molecular formula is C21H21F3N4O5S. The molecule has 2 aromatic carbocycles. The number of halogens is 3. The fourth-order valence-corrected chi connectivity index (χ4v) is 4.47. The van der Waals surface area contributed by atoms with Gasteiger partial charge >= 0.3 is 6.18 Å². The molecule has 0 atom stereocenters. The third-order valence-electron chi connectivity index (χ3n) is 5.24. The van der Waals surface area contributed by atoms with E-state index in [9.17, 15) is 36.5 Å². The van der Waals surface area contributed by atoms with Crippen LogP contribution < -0.4 is 9.62 Å². The Bertz CT molecular complexity index is 1190. The third kappa shape index (κ3) is 5.54. The molecule has 2 aromatic rings. The maximum absolute atomic E-state index is 12.9. The fraction of sp³-hybridized carbons (Fsp3) is 0.286. The van der Waals surface area contributed by atoms with E-state index in [1.807, 2.05) is 0 Å². The van der Waals surface area contributed by atoms with Gasteiger partial charge in [0.2, 0.25) is 10.0 Å². The number of carbonyl (C=O) groups excluding carboxylic acids is 1. The number of nitrogens with one attached hydrogen (secondary N) is 1. The number of nitrogens with zero attached hydrogens (tertiary/aromatic N) is 3. The van der Waals surface area contributed by atoms with Crippen molar-refractivity contribution in [3.63, 3.8) is 0 Å². The second kappa shape index (κ2) is 9.81. The van der Waals surface area contributed by atoms with E-state index in [0.29, 0.717) is 6.07 Å². The van der Waals surface area contributed by atoms with Crippen LogP contribution in [-0.4, -0.2) is 56.9 Å². The maximum Gasteiger partial charge on any atom is 0.416 e. The molecule has 0 bridgehead atoms. The lowest BCUT2D eigenvalue weighted by molar-refractivity contribution is -0.384. The van der Waals surface area contributed by atoms with Crippen LogP contribution in [0.15, 0.2) is 60.0 Å². The first-order valence-corrected chi connectivity index (χ1v) is 11.5. The maximum atomic E-state index is 12.9. The van der Waals surface area contributed by atoms with E-state index in [-0.39, 0.29) is 54.8 Å². The number of anilines is 1. The summed E-state index contributed by atoms with van der Waals surface area (Å²) in [5.74, 6) is -0.357. The molecule has 0 aliphatic carbocycles. The van der Waals surface area contributed by atoms with Gasteiger partial charge in [-0.25, -0.2) is 13.1 Å². The summed E-state index contributed by atoms with van der Waals surface area (Å²) in [4.78, 5) is 26.3. The molecule has 0 unspecified atom stereocenters. The number of hydrogen-bond donors (Lipinski definition) is 1. The van der Waals surface area contributed by atoms with Crippen molar-refractivity contribution in [3.05, 3.63) is 76.4 Å². The first kappa shape index (κ1) is 25.2. The van der Waals surface area contributed by atoms with Gasteiger partial charge in [-0.1, -0.05) is 6.08 Å². The summed E-state index contributed by atoms with van der Waals surface area (Å²) in [7, 11) is -3.73. The number of alkyl halides is 3. The second-order valence-corrected chi connectivity index (χ2v) is 9.17. The van der Waals surface area contributed by atoms with Gasteiger partial charge in [0, 0.05) is 44.4 Å². The van der Waals surface area contributed by atoms with Gasteiger partial charge in [0.1, 0.15) is 5.69 Å². The largest absolute Gasteiger partial charge is 0.416 e. The summed E-state index contributed by atoms with van der Waals surface area (Å²) >= 11 is 0. The molecule has 1 fully saturated rings. The van der Waals surface area contributed by atoms with Crippen LogP contribution in [-0.2, 0) is 16.2 Å². The zero-order chi connectivity index (χ0) is 25.1. The van der Waals surface area contributed by atoms with Crippen molar-refractivity contribution in [3.8, 4) is 0 Å². The number of rotatable bonds is 7. The summed E-state index contributed by atoms with van der Waals surface area (Å²) in [6, 6.07) is 7.75. The average molecular weight is 498 g/mol. The highest BCUT2D eigenvalue weighted by atomic mass is 32.2. The van der Waals surface area contributed by atoms with Crippen molar-refractivity contribution in [2.75, 3.05) is 37.6 Å². The van der Waals surface area contributed by atoms with Gasteiger partial charge in [-0.2, -0.15) is 13.2 Å². The molecule has 1 N–H and O–H groups in total. The molecule has 1 saturated heterocycles. The Balaban J connectivity index is 1.70. The van der Waals surface area contributed by atoms with Crippen molar-refractivity contribution in [1.82, 2.24) is 9.62 Å². The molecule has 1 amide bonds. The lowest BCUT2D eigenvalue weighted by atomic mass is 10.1. The Kier molecular flexibility index (Phi) is 7.26. The molecule has 9 nitrogen and oxygen atoms in total. The van der Waals surface area contributed by atoms with E-state index in [0.717, 1.165) is 12.1 Å². The van der Waals surface area contributed by atoms with E-state index in [1.165, 1.54) is 35.2 Å². The van der Waals surface area contributed by atoms with Gasteiger partial charge in [0.25, 0.3) is 11.6 Å². The lowest BCUT2D eigenvalue weighted by Crippen LogP contribution is -2.49.